The van der Waals surface area contributed by atoms with Gasteiger partial charge in [0, 0.05) is 44.5 Å². The van der Waals surface area contributed by atoms with Crippen molar-refractivity contribution in [2.24, 2.45) is 13.0 Å². The summed E-state index contributed by atoms with van der Waals surface area (Å²) in [6.07, 6.45) is 4.69. The zero-order chi connectivity index (χ0) is 38.1. The number of methoxy groups -OCH3 is 3. The number of benzene rings is 2. The Hall–Kier alpha value is -4.80. The quantitative estimate of drug-likeness (QED) is 0.115. The molecule has 0 spiro atoms. The van der Waals surface area contributed by atoms with E-state index in [-0.39, 0.29) is 48.6 Å². The highest BCUT2D eigenvalue weighted by Gasteiger charge is 2.74. The van der Waals surface area contributed by atoms with E-state index in [0.29, 0.717) is 33.7 Å². The van der Waals surface area contributed by atoms with Gasteiger partial charge in [-0.05, 0) is 23.3 Å². The minimum absolute atomic E-state index is 0.0472. The topological polar surface area (TPSA) is 169 Å². The normalized spacial score (nSPS) is 23.6. The van der Waals surface area contributed by atoms with Crippen LogP contribution in [0.25, 0.3) is 17.1 Å². The Labute approximate surface area is 319 Å². The minimum atomic E-state index is -2.01. The highest BCUT2D eigenvalue weighted by atomic mass is 79.9. The summed E-state index contributed by atoms with van der Waals surface area (Å²) < 4.78 is 20.9. The molecule has 1 saturated heterocycles. The average Bonchev–Trinajstić information content (AvgIpc) is 3.48. The van der Waals surface area contributed by atoms with Crippen LogP contribution in [0.5, 0.6) is 23.0 Å². The molecule has 2 fully saturated rings. The summed E-state index contributed by atoms with van der Waals surface area (Å²) >= 11 is 17.6. The second-order valence-corrected chi connectivity index (χ2v) is 14.6. The molecule has 1 aliphatic carbocycles. The molecule has 0 unspecified atom stereocenters. The van der Waals surface area contributed by atoms with Gasteiger partial charge < -0.3 is 23.9 Å². The van der Waals surface area contributed by atoms with Gasteiger partial charge in [0.05, 0.1) is 50.4 Å². The summed E-state index contributed by atoms with van der Waals surface area (Å²) in [6.45, 7) is -0.228. The fourth-order valence-corrected chi connectivity index (χ4v) is 8.96. The molecule has 0 bridgehead atoms. The standard InChI is InChI=1S/C35H33BrCl2N6O9/c1-40-23-15-28(53-4)27(52-3)14-22(23)39-21(29(40)46)10-11-41-32(49)43-12-9-19-20(7-5-18-6-8-25(45)26(13-18)51-2)35(38)31(48)42(17-36)30(47)34(35,37)16-24(19)44(43)33(41)50/h5-9,13-15,20,24,45H,10-12,16-17H2,1-4H3/t20-,24+,34+,35-/m0/s1. The summed E-state index contributed by atoms with van der Waals surface area (Å²) in [5, 5.41) is 10.1. The molecule has 4 heterocycles. The van der Waals surface area contributed by atoms with E-state index in [1.54, 1.807) is 49.5 Å². The van der Waals surface area contributed by atoms with Crippen LogP contribution >= 0.6 is 39.1 Å². The van der Waals surface area contributed by atoms with E-state index in [9.17, 15) is 29.1 Å². The second-order valence-electron chi connectivity index (χ2n) is 12.9. The first-order valence-electron chi connectivity index (χ1n) is 16.3. The van der Waals surface area contributed by atoms with Gasteiger partial charge >= 0.3 is 11.4 Å². The van der Waals surface area contributed by atoms with Crippen LogP contribution in [-0.2, 0) is 36.1 Å². The van der Waals surface area contributed by atoms with Gasteiger partial charge in [0.15, 0.2) is 32.7 Å². The lowest BCUT2D eigenvalue weighted by molar-refractivity contribution is -0.138. The maximum Gasteiger partial charge on any atom is 0.347 e. The minimum Gasteiger partial charge on any atom is -0.504 e. The molecular weight excluding hydrogens is 799 g/mol. The van der Waals surface area contributed by atoms with Crippen molar-refractivity contribution in [3.8, 4) is 23.0 Å². The number of phenolic OH excluding ortho intramolecular Hbond substituents is 1. The monoisotopic (exact) mass is 830 g/mol. The van der Waals surface area contributed by atoms with E-state index in [1.807, 2.05) is 0 Å². The fraction of sp³-hybridized carbons (Fsp3) is 0.371. The molecule has 0 radical (unpaired) electrons. The third-order valence-electron chi connectivity index (χ3n) is 10.3. The molecule has 15 nitrogen and oxygen atoms in total. The number of halogens is 3. The van der Waals surface area contributed by atoms with E-state index in [4.69, 9.17) is 37.4 Å². The number of alkyl halides is 3. The van der Waals surface area contributed by atoms with E-state index < -0.39 is 50.5 Å². The molecule has 53 heavy (non-hydrogen) atoms. The molecule has 278 valence electrons. The van der Waals surface area contributed by atoms with Crippen LogP contribution in [0.2, 0.25) is 0 Å². The van der Waals surface area contributed by atoms with Crippen LogP contribution in [0, 0.1) is 5.92 Å². The third kappa shape index (κ3) is 5.28. The number of hydrogen-bond acceptors (Lipinski definition) is 10. The Bertz CT molecular complexity index is 2470. The molecule has 3 aliphatic rings. The lowest BCUT2D eigenvalue weighted by Gasteiger charge is -2.47. The smallest absolute Gasteiger partial charge is 0.347 e. The van der Waals surface area contributed by atoms with Gasteiger partial charge in [-0.3, -0.25) is 19.3 Å². The van der Waals surface area contributed by atoms with Crippen molar-refractivity contribution in [3.05, 3.63) is 90.6 Å². The predicted molar refractivity (Wildman–Crippen MR) is 198 cm³/mol. The van der Waals surface area contributed by atoms with E-state index in [1.165, 1.54) is 41.3 Å². The number of rotatable bonds is 9. The van der Waals surface area contributed by atoms with Crippen molar-refractivity contribution in [3.63, 3.8) is 0 Å². The largest absolute Gasteiger partial charge is 0.504 e. The predicted octanol–water partition coefficient (Wildman–Crippen LogP) is 2.92. The summed E-state index contributed by atoms with van der Waals surface area (Å²) in [4.78, 5) is 70.6. The van der Waals surface area contributed by atoms with Gasteiger partial charge in [-0.25, -0.2) is 28.5 Å². The molecule has 1 N–H and O–H groups in total. The van der Waals surface area contributed by atoms with Crippen LogP contribution in [-0.4, -0.2) is 81.8 Å². The van der Waals surface area contributed by atoms with Gasteiger partial charge in [0.1, 0.15) is 5.69 Å². The third-order valence-corrected chi connectivity index (χ3v) is 12.3. The Kier molecular flexibility index (Phi) is 9.14. The summed E-state index contributed by atoms with van der Waals surface area (Å²) in [5.74, 6) is -1.48. The Balaban J connectivity index is 1.29. The summed E-state index contributed by atoms with van der Waals surface area (Å²) in [5.41, 5.74) is 0.262. The molecule has 18 heteroatoms. The van der Waals surface area contributed by atoms with E-state index in [2.05, 4.69) is 20.9 Å². The van der Waals surface area contributed by atoms with Crippen LogP contribution in [0.4, 0.5) is 0 Å². The maximum atomic E-state index is 14.2. The number of aryl methyl sites for hydroxylation is 2. The lowest BCUT2D eigenvalue weighted by Crippen LogP contribution is -2.60. The van der Waals surface area contributed by atoms with Gasteiger partial charge in [-0.15, -0.1) is 23.2 Å². The summed E-state index contributed by atoms with van der Waals surface area (Å²) in [6, 6.07) is 6.98. The van der Waals surface area contributed by atoms with Crippen molar-refractivity contribution in [1.82, 2.24) is 28.4 Å². The van der Waals surface area contributed by atoms with Crippen LogP contribution in [0.15, 0.2) is 62.4 Å². The van der Waals surface area contributed by atoms with Crippen LogP contribution in [0.1, 0.15) is 23.7 Å². The summed E-state index contributed by atoms with van der Waals surface area (Å²) in [7, 11) is 5.96. The Morgan fingerprint density at radius 1 is 0.981 bits per heavy atom. The average molecular weight is 832 g/mol. The number of aromatic nitrogens is 5. The van der Waals surface area contributed by atoms with Gasteiger partial charge in [0.25, 0.3) is 17.4 Å². The number of hydrogen-bond donors (Lipinski definition) is 1. The van der Waals surface area contributed by atoms with E-state index >= 15 is 0 Å². The number of ether oxygens (including phenoxy) is 3. The number of phenols is 1. The molecule has 1 saturated carbocycles. The number of likely N-dealkylation sites (tertiary alicyclic amines) is 1. The Morgan fingerprint density at radius 2 is 1.68 bits per heavy atom. The van der Waals surface area contributed by atoms with Gasteiger partial charge in [-0.1, -0.05) is 40.2 Å². The number of fused-ring (bicyclic) bond motifs is 5. The lowest BCUT2D eigenvalue weighted by atomic mass is 9.66. The molecule has 2 aromatic heterocycles. The van der Waals surface area contributed by atoms with Crippen molar-refractivity contribution < 1.29 is 28.9 Å². The van der Waals surface area contributed by atoms with Crippen LogP contribution in [0.3, 0.4) is 0 Å². The van der Waals surface area contributed by atoms with Crippen molar-refractivity contribution in [2.45, 2.75) is 41.7 Å². The molecular formula is C35H33BrCl2N6O9. The zero-order valence-electron chi connectivity index (χ0n) is 28.8. The van der Waals surface area contributed by atoms with Gasteiger partial charge in [-0.2, -0.15) is 0 Å². The van der Waals surface area contributed by atoms with E-state index in [0.717, 1.165) is 9.47 Å². The number of carbonyl (C=O) groups is 2. The maximum absolute atomic E-state index is 14.2. The SMILES string of the molecule is COc1cc(C=C[C@H]2C3=CCn4c(=O)n(CCc5nc6cc(OC)c(OC)cc6n(C)c5=O)c(=O)n4[C@@H]3C[C@@]3(Cl)C(=O)N(CBr)C(=O)[C@@]23Cl)ccc1O. The molecule has 2 amide bonds. The first-order chi connectivity index (χ1) is 25.2. The second kappa shape index (κ2) is 13.2. The first kappa shape index (κ1) is 36.6. The number of imide groups is 1. The molecule has 7 rings (SSSR count). The number of carbonyl (C=O) groups excluding carboxylic acids is 2. The number of allylic oxidation sites excluding steroid dienone is 3. The fourth-order valence-electron chi connectivity index (χ4n) is 7.60. The molecule has 2 aliphatic heterocycles. The van der Waals surface area contributed by atoms with Crippen molar-refractivity contribution in [1.29, 1.82) is 0 Å². The molecule has 4 atom stereocenters. The van der Waals surface area contributed by atoms with Gasteiger partial charge in [0.2, 0.25) is 0 Å². The number of aromatic hydroxyl groups is 1. The zero-order valence-corrected chi connectivity index (χ0v) is 31.9. The number of nitrogens with zero attached hydrogens (tertiary/aromatic N) is 6. The number of amides is 2. The van der Waals surface area contributed by atoms with Crippen molar-refractivity contribution in [2.75, 3.05) is 26.8 Å². The highest BCUT2D eigenvalue weighted by Crippen LogP contribution is 2.60. The highest BCUT2D eigenvalue weighted by molar-refractivity contribution is 9.09. The first-order valence-corrected chi connectivity index (χ1v) is 18.2. The molecule has 4 aromatic rings. The van der Waals surface area contributed by atoms with Crippen molar-refractivity contribution >= 4 is 68.1 Å². The van der Waals surface area contributed by atoms with Crippen LogP contribution < -0.4 is 31.1 Å². The Morgan fingerprint density at radius 3 is 2.36 bits per heavy atom. The molecule has 2 aromatic carbocycles.